The molecule has 1 N–H and O–H groups in total. The highest BCUT2D eigenvalue weighted by atomic mass is 16.2. The van der Waals surface area contributed by atoms with Gasteiger partial charge in [-0.25, -0.2) is 0 Å². The number of carbonyl (C=O) groups is 1. The minimum atomic E-state index is -0.209. The van der Waals surface area contributed by atoms with E-state index in [4.69, 9.17) is 5.26 Å². The van der Waals surface area contributed by atoms with Crippen molar-refractivity contribution in [3.05, 3.63) is 0 Å². The number of hydrogen-bond donors (Lipinski definition) is 1. The van der Waals surface area contributed by atoms with Crippen LogP contribution in [0.1, 0.15) is 32.6 Å². The zero-order valence-corrected chi connectivity index (χ0v) is 10.3. The van der Waals surface area contributed by atoms with Crippen LogP contribution >= 0.6 is 0 Å². The summed E-state index contributed by atoms with van der Waals surface area (Å²) in [7, 11) is 1.80. The zero-order valence-electron chi connectivity index (χ0n) is 10.3. The molecule has 16 heavy (non-hydrogen) atoms. The van der Waals surface area contributed by atoms with Crippen LogP contribution in [-0.2, 0) is 4.79 Å². The molecule has 0 aromatic carbocycles. The Bertz CT molecular complexity index is 276. The number of nitrogens with one attached hydrogen (secondary N) is 1. The molecule has 1 fully saturated rings. The van der Waals surface area contributed by atoms with Gasteiger partial charge in [0, 0.05) is 20.1 Å². The van der Waals surface area contributed by atoms with Crippen LogP contribution in [0, 0.1) is 16.7 Å². The molecule has 90 valence electrons. The second-order valence-electron chi connectivity index (χ2n) is 4.59. The van der Waals surface area contributed by atoms with Gasteiger partial charge >= 0.3 is 0 Å². The van der Waals surface area contributed by atoms with Gasteiger partial charge in [-0.05, 0) is 19.4 Å². The van der Waals surface area contributed by atoms with Gasteiger partial charge in [-0.2, -0.15) is 5.26 Å². The molecule has 0 radical (unpaired) electrons. The lowest BCUT2D eigenvalue weighted by atomic mass is 9.81. The van der Waals surface area contributed by atoms with Crippen LogP contribution in [0.25, 0.3) is 0 Å². The summed E-state index contributed by atoms with van der Waals surface area (Å²) >= 11 is 0. The number of nitriles is 1. The minimum absolute atomic E-state index is 0.203. The van der Waals surface area contributed by atoms with Crippen LogP contribution in [0.4, 0.5) is 0 Å². The molecule has 1 heterocycles. The molecule has 4 nitrogen and oxygen atoms in total. The van der Waals surface area contributed by atoms with Gasteiger partial charge in [0.25, 0.3) is 0 Å². The highest BCUT2D eigenvalue weighted by Gasteiger charge is 2.41. The van der Waals surface area contributed by atoms with E-state index < -0.39 is 0 Å². The molecule has 1 rings (SSSR count). The first kappa shape index (κ1) is 13.0. The fourth-order valence-corrected chi connectivity index (χ4v) is 2.45. The minimum Gasteiger partial charge on any atom is -0.344 e. The summed E-state index contributed by atoms with van der Waals surface area (Å²) in [6, 6.07) is 2.08. The van der Waals surface area contributed by atoms with E-state index in [0.29, 0.717) is 13.0 Å². The van der Waals surface area contributed by atoms with Crippen molar-refractivity contribution in [2.45, 2.75) is 32.6 Å². The molecule has 0 saturated carbocycles. The van der Waals surface area contributed by atoms with Gasteiger partial charge in [-0.15, -0.1) is 0 Å². The van der Waals surface area contributed by atoms with E-state index in [1.165, 1.54) is 0 Å². The number of rotatable bonds is 5. The van der Waals surface area contributed by atoms with Crippen molar-refractivity contribution < 1.29 is 4.79 Å². The van der Waals surface area contributed by atoms with Crippen molar-refractivity contribution >= 4 is 5.91 Å². The highest BCUT2D eigenvalue weighted by Crippen LogP contribution is 2.32. The van der Waals surface area contributed by atoms with E-state index in [1.54, 1.807) is 11.9 Å². The first-order chi connectivity index (χ1) is 7.66. The monoisotopic (exact) mass is 223 g/mol. The maximum atomic E-state index is 12.3. The molecule has 0 aromatic rings. The third kappa shape index (κ3) is 2.73. The summed E-state index contributed by atoms with van der Waals surface area (Å²) in [6.07, 6.45) is 3.31. The molecule has 1 atom stereocenters. The van der Waals surface area contributed by atoms with E-state index in [9.17, 15) is 4.79 Å². The molecule has 1 amide bonds. The maximum Gasteiger partial charge on any atom is 0.229 e. The SMILES string of the molecule is CCCC1(C(=O)N(C)CCC#N)CCNC1. The van der Waals surface area contributed by atoms with E-state index in [-0.39, 0.29) is 11.3 Å². The molecule has 0 aliphatic carbocycles. The molecule has 4 heteroatoms. The van der Waals surface area contributed by atoms with E-state index in [2.05, 4.69) is 18.3 Å². The molecule has 1 unspecified atom stereocenters. The topological polar surface area (TPSA) is 56.1 Å². The average Bonchev–Trinajstić information content (AvgIpc) is 2.75. The summed E-state index contributed by atoms with van der Waals surface area (Å²) in [6.45, 7) is 4.37. The summed E-state index contributed by atoms with van der Waals surface area (Å²) in [5.41, 5.74) is -0.209. The Morgan fingerprint density at radius 2 is 2.38 bits per heavy atom. The Labute approximate surface area is 97.6 Å². The lowest BCUT2D eigenvalue weighted by Crippen LogP contribution is -2.43. The molecular formula is C12H21N3O. The van der Waals surface area contributed by atoms with Gasteiger partial charge < -0.3 is 10.2 Å². The third-order valence-electron chi connectivity index (χ3n) is 3.33. The van der Waals surface area contributed by atoms with Crippen LogP contribution in [0.3, 0.4) is 0 Å². The van der Waals surface area contributed by atoms with Crippen molar-refractivity contribution in [2.75, 3.05) is 26.7 Å². The number of hydrogen-bond acceptors (Lipinski definition) is 3. The van der Waals surface area contributed by atoms with Gasteiger partial charge in [0.15, 0.2) is 0 Å². The Morgan fingerprint density at radius 1 is 1.62 bits per heavy atom. The number of amides is 1. The standard InChI is InChI=1S/C12H21N3O/c1-3-5-12(6-8-14-10-12)11(16)15(2)9-4-7-13/h14H,3-6,8-10H2,1-2H3. The molecule has 1 saturated heterocycles. The lowest BCUT2D eigenvalue weighted by Gasteiger charge is -2.31. The summed E-state index contributed by atoms with van der Waals surface area (Å²) in [5, 5.41) is 11.8. The van der Waals surface area contributed by atoms with Crippen molar-refractivity contribution in [3.63, 3.8) is 0 Å². The molecule has 1 aliphatic rings. The smallest absolute Gasteiger partial charge is 0.229 e. The average molecular weight is 223 g/mol. The van der Waals surface area contributed by atoms with Crippen molar-refractivity contribution in [1.82, 2.24) is 10.2 Å². The quantitative estimate of drug-likeness (QED) is 0.760. The van der Waals surface area contributed by atoms with Gasteiger partial charge in [0.2, 0.25) is 5.91 Å². The van der Waals surface area contributed by atoms with E-state index in [1.807, 2.05) is 0 Å². The van der Waals surface area contributed by atoms with Crippen LogP contribution in [0.5, 0.6) is 0 Å². The number of nitrogens with zero attached hydrogens (tertiary/aromatic N) is 2. The van der Waals surface area contributed by atoms with E-state index in [0.717, 1.165) is 32.4 Å². The summed E-state index contributed by atoms with van der Waals surface area (Å²) < 4.78 is 0. The van der Waals surface area contributed by atoms with Crippen molar-refractivity contribution in [1.29, 1.82) is 5.26 Å². The van der Waals surface area contributed by atoms with Gasteiger partial charge in [0.05, 0.1) is 17.9 Å². The predicted octanol–water partition coefficient (Wildman–Crippen LogP) is 1.14. The van der Waals surface area contributed by atoms with Crippen LogP contribution in [0.15, 0.2) is 0 Å². The van der Waals surface area contributed by atoms with Crippen molar-refractivity contribution in [2.24, 2.45) is 5.41 Å². The van der Waals surface area contributed by atoms with Crippen LogP contribution in [0.2, 0.25) is 0 Å². The lowest BCUT2D eigenvalue weighted by molar-refractivity contribution is -0.140. The molecule has 0 aromatic heterocycles. The van der Waals surface area contributed by atoms with Crippen LogP contribution < -0.4 is 5.32 Å². The maximum absolute atomic E-state index is 12.3. The predicted molar refractivity (Wildman–Crippen MR) is 62.7 cm³/mol. The first-order valence-corrected chi connectivity index (χ1v) is 5.99. The Hall–Kier alpha value is -1.08. The fraction of sp³-hybridized carbons (Fsp3) is 0.833. The summed E-state index contributed by atoms with van der Waals surface area (Å²) in [5.74, 6) is 0.203. The zero-order chi connectivity index (χ0) is 12.0. The van der Waals surface area contributed by atoms with Crippen LogP contribution in [-0.4, -0.2) is 37.5 Å². The largest absolute Gasteiger partial charge is 0.344 e. The molecule has 1 aliphatic heterocycles. The molecule has 0 bridgehead atoms. The van der Waals surface area contributed by atoms with Gasteiger partial charge in [-0.3, -0.25) is 4.79 Å². The number of carbonyl (C=O) groups excluding carboxylic acids is 1. The Kier molecular flexibility index (Phi) is 4.75. The first-order valence-electron chi connectivity index (χ1n) is 5.99. The second kappa shape index (κ2) is 5.86. The third-order valence-corrected chi connectivity index (χ3v) is 3.33. The fourth-order valence-electron chi connectivity index (χ4n) is 2.45. The summed E-state index contributed by atoms with van der Waals surface area (Å²) in [4.78, 5) is 14.1. The highest BCUT2D eigenvalue weighted by molar-refractivity contribution is 5.83. The molecular weight excluding hydrogens is 202 g/mol. The second-order valence-corrected chi connectivity index (χ2v) is 4.59. The van der Waals surface area contributed by atoms with Gasteiger partial charge in [0.1, 0.15) is 0 Å². The normalized spacial score (nSPS) is 24.1. The van der Waals surface area contributed by atoms with E-state index >= 15 is 0 Å². The Balaban J connectivity index is 2.64. The molecule has 0 spiro atoms. The van der Waals surface area contributed by atoms with Crippen molar-refractivity contribution in [3.8, 4) is 6.07 Å². The Morgan fingerprint density at radius 3 is 2.88 bits per heavy atom. The van der Waals surface area contributed by atoms with Gasteiger partial charge in [-0.1, -0.05) is 13.3 Å².